The fourth-order valence-electron chi connectivity index (χ4n) is 6.50. The number of carbonyl (C=O) groups excluding carboxylic acids is 3. The van der Waals surface area contributed by atoms with Gasteiger partial charge < -0.3 is 14.2 Å². The Labute approximate surface area is 434 Å². The second kappa shape index (κ2) is 57.1. The van der Waals surface area contributed by atoms with Crippen LogP contribution in [-0.4, -0.2) is 37.2 Å². The molecular formula is C65H96O6. The molecule has 0 aromatic rings. The summed E-state index contributed by atoms with van der Waals surface area (Å²) in [6.45, 7) is 6.08. The average molecular weight is 973 g/mol. The Morgan fingerprint density at radius 2 is 0.563 bits per heavy atom. The van der Waals surface area contributed by atoms with Gasteiger partial charge in [0.05, 0.1) is 12.8 Å². The molecule has 71 heavy (non-hydrogen) atoms. The largest absolute Gasteiger partial charge is 0.462 e. The number of carbonyl (C=O) groups is 3. The molecule has 6 heteroatoms. The minimum absolute atomic E-state index is 0.0648. The van der Waals surface area contributed by atoms with Gasteiger partial charge in [-0.3, -0.25) is 14.4 Å². The molecule has 0 saturated carbocycles. The summed E-state index contributed by atoms with van der Waals surface area (Å²) in [7, 11) is 0. The summed E-state index contributed by atoms with van der Waals surface area (Å²) in [6.07, 6.45) is 86.4. The number of ether oxygens (including phenoxy) is 3. The quantitative estimate of drug-likeness (QED) is 0.0262. The van der Waals surface area contributed by atoms with E-state index >= 15 is 0 Å². The molecule has 0 aliphatic rings. The van der Waals surface area contributed by atoms with Crippen molar-refractivity contribution in [2.45, 2.75) is 194 Å². The van der Waals surface area contributed by atoms with Crippen LogP contribution in [0.4, 0.5) is 0 Å². The summed E-state index contributed by atoms with van der Waals surface area (Å²) in [6, 6.07) is 0. The molecule has 392 valence electrons. The van der Waals surface area contributed by atoms with E-state index in [-0.39, 0.29) is 32.0 Å². The minimum Gasteiger partial charge on any atom is -0.462 e. The summed E-state index contributed by atoms with van der Waals surface area (Å²) in [4.78, 5) is 38.0. The maximum absolute atomic E-state index is 12.8. The molecule has 0 fully saturated rings. The van der Waals surface area contributed by atoms with Gasteiger partial charge in [0, 0.05) is 6.42 Å². The predicted octanol–water partition coefficient (Wildman–Crippen LogP) is 18.5. The Morgan fingerprint density at radius 1 is 0.296 bits per heavy atom. The molecule has 1 atom stereocenters. The van der Waals surface area contributed by atoms with Crippen LogP contribution in [-0.2, 0) is 28.6 Å². The van der Waals surface area contributed by atoms with E-state index in [1.165, 1.54) is 19.3 Å². The van der Waals surface area contributed by atoms with E-state index in [9.17, 15) is 14.4 Å². The second-order valence-corrected chi connectivity index (χ2v) is 17.0. The number of rotatable bonds is 46. The summed E-state index contributed by atoms with van der Waals surface area (Å²) >= 11 is 0. The summed E-state index contributed by atoms with van der Waals surface area (Å²) in [5.74, 6) is -1.25. The topological polar surface area (TPSA) is 78.9 Å². The highest BCUT2D eigenvalue weighted by Gasteiger charge is 2.19. The molecular weight excluding hydrogens is 877 g/mol. The SMILES string of the molecule is CC/C=C\C/C=C\C/C=C\C/C=C\C/C=C\CCCCCCCCCC(=O)OCC(COC(=O)C/C=C\C/C=C\C/C=C\C/C=C\C/C=C\CC)OC(=O)C/C=C\C/C=C\C/C=C\C/C=C\C/C=C\CC. The molecule has 0 aromatic heterocycles. The van der Waals surface area contributed by atoms with Crippen molar-refractivity contribution in [3.05, 3.63) is 182 Å². The molecule has 0 bridgehead atoms. The Bertz CT molecular complexity index is 1730. The summed E-state index contributed by atoms with van der Waals surface area (Å²) in [5.41, 5.74) is 0. The van der Waals surface area contributed by atoms with Crippen molar-refractivity contribution in [1.29, 1.82) is 0 Å². The Kier molecular flexibility index (Phi) is 52.7. The smallest absolute Gasteiger partial charge is 0.310 e. The first-order valence-electron chi connectivity index (χ1n) is 27.3. The Morgan fingerprint density at radius 3 is 0.915 bits per heavy atom. The number of unbranched alkanes of at least 4 members (excludes halogenated alkanes) is 7. The van der Waals surface area contributed by atoms with Crippen LogP contribution in [0.5, 0.6) is 0 Å². The van der Waals surface area contributed by atoms with Gasteiger partial charge in [0.25, 0.3) is 0 Å². The molecule has 0 rings (SSSR count). The van der Waals surface area contributed by atoms with Crippen LogP contribution in [0.15, 0.2) is 182 Å². The molecule has 0 saturated heterocycles. The number of hydrogen-bond acceptors (Lipinski definition) is 6. The van der Waals surface area contributed by atoms with Crippen LogP contribution >= 0.6 is 0 Å². The highest BCUT2D eigenvalue weighted by molar-refractivity contribution is 5.72. The molecule has 0 heterocycles. The van der Waals surface area contributed by atoms with Crippen molar-refractivity contribution in [3.8, 4) is 0 Å². The Hall–Kier alpha value is -5.49. The zero-order valence-electron chi connectivity index (χ0n) is 44.6. The lowest BCUT2D eigenvalue weighted by Crippen LogP contribution is -2.30. The molecule has 0 amide bonds. The van der Waals surface area contributed by atoms with Crippen LogP contribution in [0.25, 0.3) is 0 Å². The monoisotopic (exact) mass is 973 g/mol. The van der Waals surface area contributed by atoms with Gasteiger partial charge in [0.15, 0.2) is 6.10 Å². The maximum Gasteiger partial charge on any atom is 0.310 e. The van der Waals surface area contributed by atoms with Crippen molar-refractivity contribution in [2.24, 2.45) is 0 Å². The van der Waals surface area contributed by atoms with Gasteiger partial charge in [-0.15, -0.1) is 0 Å². The molecule has 0 aliphatic carbocycles. The summed E-state index contributed by atoms with van der Waals surface area (Å²) < 4.78 is 16.6. The zero-order chi connectivity index (χ0) is 51.4. The third-order valence-corrected chi connectivity index (χ3v) is 10.5. The van der Waals surface area contributed by atoms with E-state index in [2.05, 4.69) is 179 Å². The highest BCUT2D eigenvalue weighted by atomic mass is 16.6. The van der Waals surface area contributed by atoms with Crippen molar-refractivity contribution in [1.82, 2.24) is 0 Å². The van der Waals surface area contributed by atoms with Crippen LogP contribution in [0, 0.1) is 0 Å². The van der Waals surface area contributed by atoms with Crippen LogP contribution in [0.1, 0.15) is 188 Å². The molecule has 1 unspecified atom stereocenters. The van der Waals surface area contributed by atoms with Crippen LogP contribution < -0.4 is 0 Å². The average Bonchev–Trinajstić information content (AvgIpc) is 3.37. The van der Waals surface area contributed by atoms with E-state index in [4.69, 9.17) is 14.2 Å². The van der Waals surface area contributed by atoms with Gasteiger partial charge >= 0.3 is 17.9 Å². The van der Waals surface area contributed by atoms with Crippen LogP contribution in [0.2, 0.25) is 0 Å². The first-order chi connectivity index (χ1) is 35.0. The first-order valence-corrected chi connectivity index (χ1v) is 27.3. The van der Waals surface area contributed by atoms with E-state index < -0.39 is 18.0 Å². The van der Waals surface area contributed by atoms with Crippen molar-refractivity contribution < 1.29 is 28.6 Å². The van der Waals surface area contributed by atoms with Crippen molar-refractivity contribution in [2.75, 3.05) is 13.2 Å². The van der Waals surface area contributed by atoms with Gasteiger partial charge in [-0.1, -0.05) is 235 Å². The lowest BCUT2D eigenvalue weighted by Gasteiger charge is -2.17. The predicted molar refractivity (Wildman–Crippen MR) is 306 cm³/mol. The zero-order valence-corrected chi connectivity index (χ0v) is 44.6. The number of hydrogen-bond donors (Lipinski definition) is 0. The van der Waals surface area contributed by atoms with Crippen molar-refractivity contribution >= 4 is 17.9 Å². The van der Waals surface area contributed by atoms with Crippen molar-refractivity contribution in [3.63, 3.8) is 0 Å². The molecule has 0 N–H and O–H groups in total. The number of esters is 3. The summed E-state index contributed by atoms with van der Waals surface area (Å²) in [5, 5.41) is 0. The highest BCUT2D eigenvalue weighted by Crippen LogP contribution is 2.12. The fourth-order valence-corrected chi connectivity index (χ4v) is 6.50. The minimum atomic E-state index is -0.888. The first kappa shape index (κ1) is 65.5. The van der Waals surface area contributed by atoms with Gasteiger partial charge in [-0.2, -0.15) is 0 Å². The molecule has 0 aliphatic heterocycles. The standard InChI is InChI=1S/C65H96O6/c1-4-7-10-13-16-19-22-25-28-29-30-31-32-33-34-35-38-40-43-46-49-52-55-58-64(67)70-61-62(71-65(68)59-56-53-50-47-44-41-37-27-24-21-18-15-12-9-6-3)60-69-63(66)57-54-51-48-45-42-39-36-26-23-20-17-14-11-8-5-2/h7-12,16-21,25-28,30-31,33-34,36-37,42,44-45,47,51,53-54,56,62H,4-6,13-15,22-24,29,32,35,38-41,43,46,48-50,52,55,57-61H2,1-3H3/b10-7-,11-8-,12-9-,19-16-,20-17-,21-18-,28-25-,31-30-,34-33-,36-26-,37-27-,45-42-,47-44-,54-51-,56-53-. The van der Waals surface area contributed by atoms with Crippen LogP contribution in [0.3, 0.4) is 0 Å². The van der Waals surface area contributed by atoms with Gasteiger partial charge in [0.1, 0.15) is 13.2 Å². The van der Waals surface area contributed by atoms with E-state index in [0.717, 1.165) is 116 Å². The molecule has 0 radical (unpaired) electrons. The molecule has 0 aromatic carbocycles. The van der Waals surface area contributed by atoms with Gasteiger partial charge in [0.2, 0.25) is 0 Å². The number of allylic oxidation sites excluding steroid dienone is 28. The lowest BCUT2D eigenvalue weighted by atomic mass is 10.1. The second-order valence-electron chi connectivity index (χ2n) is 17.0. The van der Waals surface area contributed by atoms with E-state index in [1.54, 1.807) is 12.2 Å². The third-order valence-electron chi connectivity index (χ3n) is 10.5. The lowest BCUT2D eigenvalue weighted by molar-refractivity contribution is -0.166. The fraction of sp³-hybridized carbons (Fsp3) is 0.492. The maximum atomic E-state index is 12.8. The van der Waals surface area contributed by atoms with E-state index in [1.807, 2.05) is 12.2 Å². The normalized spacial score (nSPS) is 13.6. The van der Waals surface area contributed by atoms with E-state index in [0.29, 0.717) is 19.3 Å². The Balaban J connectivity index is 4.61. The van der Waals surface area contributed by atoms with Gasteiger partial charge in [-0.05, 0) is 116 Å². The molecule has 6 nitrogen and oxygen atoms in total. The third kappa shape index (κ3) is 55.3. The van der Waals surface area contributed by atoms with Gasteiger partial charge in [-0.25, -0.2) is 0 Å². The molecule has 0 spiro atoms.